The fourth-order valence-corrected chi connectivity index (χ4v) is 10.6. The number of rotatable bonds is 49. The molecule has 10 amide bonds. The number of benzene rings is 2. The van der Waals surface area contributed by atoms with Crippen LogP contribution in [0.5, 0.6) is 0 Å². The second-order valence-corrected chi connectivity index (χ2v) is 25.9. The smallest absolute Gasteiger partial charge is 0.326 e. The summed E-state index contributed by atoms with van der Waals surface area (Å²) >= 11 is 0. The molecule has 0 bridgehead atoms. The lowest BCUT2D eigenvalue weighted by molar-refractivity contribution is -0.142. The van der Waals surface area contributed by atoms with Crippen molar-refractivity contribution >= 4 is 65.0 Å². The number of carbonyl (C=O) groups excluding carboxylic acids is 10. The third-order valence-electron chi connectivity index (χ3n) is 16.2. The van der Waals surface area contributed by atoms with Crippen LogP contribution in [-0.2, 0) is 65.6 Å². The summed E-state index contributed by atoms with van der Waals surface area (Å²) in [5, 5.41) is 37.7. The zero-order chi connectivity index (χ0) is 71.0. The molecule has 95 heavy (non-hydrogen) atoms. The zero-order valence-electron chi connectivity index (χ0n) is 57.4. The predicted molar refractivity (Wildman–Crippen MR) is 366 cm³/mol. The van der Waals surface area contributed by atoms with Gasteiger partial charge in [-0.05, 0) is 157 Å². The lowest BCUT2D eigenvalue weighted by Crippen LogP contribution is -2.61. The van der Waals surface area contributed by atoms with Gasteiger partial charge in [-0.2, -0.15) is 0 Å². The highest BCUT2D eigenvalue weighted by molar-refractivity contribution is 5.99. The van der Waals surface area contributed by atoms with Gasteiger partial charge < -0.3 is 86.9 Å². The van der Waals surface area contributed by atoms with E-state index in [1.165, 1.54) is 0 Å². The largest absolute Gasteiger partial charge is 0.480 e. The average Bonchev–Trinajstić information content (AvgIpc) is 1.02. The quantitative estimate of drug-likeness (QED) is 0.0412. The van der Waals surface area contributed by atoms with Gasteiger partial charge in [-0.25, -0.2) is 4.79 Å². The molecule has 0 fully saturated rings. The molecule has 0 saturated heterocycles. The summed E-state index contributed by atoms with van der Waals surface area (Å²) in [7, 11) is 0. The number of nitrogens with one attached hydrogen (secondary N) is 10. The lowest BCUT2D eigenvalue weighted by Gasteiger charge is -2.30. The molecule has 0 radical (unpaired) electrons. The van der Waals surface area contributed by atoms with Crippen LogP contribution in [0.15, 0.2) is 60.7 Å². The Morgan fingerprint density at radius 3 is 0.937 bits per heavy atom. The third kappa shape index (κ3) is 33.1. The summed E-state index contributed by atoms with van der Waals surface area (Å²) in [5.74, 6) is -9.21. The van der Waals surface area contributed by atoms with Gasteiger partial charge in [0.05, 0.1) is 6.54 Å². The van der Waals surface area contributed by atoms with Crippen LogP contribution in [0.1, 0.15) is 169 Å². The Bertz CT molecular complexity index is 2670. The molecular weight excluding hydrogens is 1220 g/mol. The molecule has 2 aromatic rings. The van der Waals surface area contributed by atoms with Crippen molar-refractivity contribution in [1.82, 2.24) is 53.2 Å². The average molecular weight is 1330 g/mol. The van der Waals surface area contributed by atoms with Crippen molar-refractivity contribution in [3.63, 3.8) is 0 Å². The Morgan fingerprint density at radius 1 is 0.347 bits per heavy atom. The van der Waals surface area contributed by atoms with Gasteiger partial charge in [0, 0.05) is 12.8 Å². The number of carboxylic acids is 1. The molecule has 21 N–H and O–H groups in total. The highest BCUT2D eigenvalue weighted by Gasteiger charge is 2.37. The molecule has 534 valence electrons. The van der Waals surface area contributed by atoms with Gasteiger partial charge in [0.25, 0.3) is 0 Å². The van der Waals surface area contributed by atoms with Gasteiger partial charge in [0.1, 0.15) is 60.4 Å². The summed E-state index contributed by atoms with van der Waals surface area (Å²) in [5.41, 5.74) is 30.2. The first-order valence-electron chi connectivity index (χ1n) is 34.1. The van der Waals surface area contributed by atoms with Crippen molar-refractivity contribution in [3.05, 3.63) is 71.8 Å². The fourth-order valence-electron chi connectivity index (χ4n) is 10.6. The first-order chi connectivity index (χ1) is 45.2. The fraction of sp³-hybridized carbons (Fsp3) is 0.662. The van der Waals surface area contributed by atoms with Crippen molar-refractivity contribution in [3.8, 4) is 0 Å². The van der Waals surface area contributed by atoms with Gasteiger partial charge in [-0.1, -0.05) is 122 Å². The predicted octanol–water partition coefficient (Wildman–Crippen LogP) is 1.06. The number of unbranched alkanes of at least 4 members (excludes halogenated alkanes) is 4. The molecule has 0 unspecified atom stereocenters. The standard InChI is InChI=1S/C68H115N15O12/c1-9-45(8)58(67(93)81-53(37-43(4)5)63(89)76-50(30-18-22-34-71)61(87)79-55(40-47-26-14-11-15-27-47)66(92)82-56(68(94)95)38-44(6)7)83-62(88)51(31-19-23-35-72)75-60(86)49(29-17-21-33-70)77-65(91)54(39-46-24-12-10-13-25-46)80-64(90)52(36-42(2)3)78-59(85)48(28-16-20-32-69)74-57(84)41-73/h10-15,24-27,42-45,48-56,58H,9,16-23,28-41,69-73H2,1-8H3,(H,74,84)(H,75,86)(H,76,89)(H,77,91)(H,78,85)(H,79,87)(H,80,90)(H,81,93)(H,82,92)(H,83,88)(H,94,95)/t45-,48-,49-,50-,51-,52-,53-,54-,55-,56-,58-/m0/s1. The van der Waals surface area contributed by atoms with E-state index in [0.717, 1.165) is 0 Å². The van der Waals surface area contributed by atoms with Gasteiger partial charge >= 0.3 is 5.97 Å². The molecule has 2 aromatic carbocycles. The minimum Gasteiger partial charge on any atom is -0.480 e. The van der Waals surface area contributed by atoms with E-state index in [1.807, 2.05) is 48.5 Å². The molecule has 27 heteroatoms. The Kier molecular flexibility index (Phi) is 40.9. The number of nitrogens with two attached hydrogens (primary N) is 5. The Balaban J connectivity index is 2.56. The Labute approximate surface area is 562 Å². The van der Waals surface area contributed by atoms with E-state index >= 15 is 0 Å². The molecule has 27 nitrogen and oxygen atoms in total. The minimum atomic E-state index is -1.30. The SMILES string of the molecule is CC[C@H](C)[C@H](NC(=O)[C@H](CCCCN)NC(=O)[C@H](CCCCN)NC(=O)[C@H](Cc1ccccc1)NC(=O)[C@H](CC(C)C)NC(=O)[C@H](CCCCN)NC(=O)CN)C(=O)N[C@@H](CC(C)C)C(=O)N[C@@H](CCCCN)C(=O)N[C@@H](Cc1ccccc1)C(=O)N[C@@H](CC(C)C)C(=O)O. The van der Waals surface area contributed by atoms with Crippen LogP contribution in [-0.4, -0.2) is 163 Å². The molecule has 0 heterocycles. The van der Waals surface area contributed by atoms with Crippen LogP contribution in [0, 0.1) is 23.7 Å². The minimum absolute atomic E-state index is 0.00580. The van der Waals surface area contributed by atoms with E-state index in [0.29, 0.717) is 75.5 Å². The molecule has 0 aliphatic carbocycles. The van der Waals surface area contributed by atoms with E-state index in [1.54, 1.807) is 67.6 Å². The van der Waals surface area contributed by atoms with Crippen LogP contribution in [0.2, 0.25) is 0 Å². The second-order valence-electron chi connectivity index (χ2n) is 25.9. The Hall–Kier alpha value is -7.59. The number of amides is 10. The number of aliphatic carboxylic acids is 1. The van der Waals surface area contributed by atoms with Gasteiger partial charge in [0.2, 0.25) is 59.1 Å². The lowest BCUT2D eigenvalue weighted by atomic mass is 9.95. The van der Waals surface area contributed by atoms with E-state index in [4.69, 9.17) is 28.7 Å². The van der Waals surface area contributed by atoms with Crippen LogP contribution >= 0.6 is 0 Å². The second kappa shape index (κ2) is 46.5. The summed E-state index contributed by atoms with van der Waals surface area (Å²) in [4.78, 5) is 155. The number of carbonyl (C=O) groups is 11. The van der Waals surface area contributed by atoms with E-state index in [-0.39, 0.29) is 102 Å². The molecule has 11 atom stereocenters. The van der Waals surface area contributed by atoms with Crippen molar-refractivity contribution in [2.75, 3.05) is 32.7 Å². The number of hydrogen-bond donors (Lipinski definition) is 16. The zero-order valence-corrected chi connectivity index (χ0v) is 57.4. The van der Waals surface area contributed by atoms with Crippen LogP contribution < -0.4 is 81.8 Å². The van der Waals surface area contributed by atoms with Gasteiger partial charge in [0.15, 0.2) is 0 Å². The maximum atomic E-state index is 14.7. The Morgan fingerprint density at radius 2 is 0.621 bits per heavy atom. The maximum Gasteiger partial charge on any atom is 0.326 e. The summed E-state index contributed by atoms with van der Waals surface area (Å²) in [6.45, 7) is 15.4. The highest BCUT2D eigenvalue weighted by atomic mass is 16.4. The normalized spacial score (nSPS) is 14.8. The first kappa shape index (κ1) is 83.5. The summed E-state index contributed by atoms with van der Waals surface area (Å²) in [6, 6.07) is 5.37. The van der Waals surface area contributed by atoms with Crippen molar-refractivity contribution < 1.29 is 57.8 Å². The summed E-state index contributed by atoms with van der Waals surface area (Å²) in [6.07, 6.45) is 4.76. The molecule has 0 saturated carbocycles. The summed E-state index contributed by atoms with van der Waals surface area (Å²) < 4.78 is 0. The monoisotopic (exact) mass is 1330 g/mol. The van der Waals surface area contributed by atoms with Crippen LogP contribution in [0.3, 0.4) is 0 Å². The maximum absolute atomic E-state index is 14.7. The van der Waals surface area contributed by atoms with Crippen LogP contribution in [0.25, 0.3) is 0 Å². The molecule has 0 spiro atoms. The van der Waals surface area contributed by atoms with Crippen molar-refractivity contribution in [2.24, 2.45) is 52.3 Å². The topological polar surface area (TPSA) is 458 Å². The highest BCUT2D eigenvalue weighted by Crippen LogP contribution is 2.17. The van der Waals surface area contributed by atoms with Crippen LogP contribution in [0.4, 0.5) is 0 Å². The molecule has 0 aliphatic rings. The molecular formula is C68H115N15O12. The van der Waals surface area contributed by atoms with Crippen molar-refractivity contribution in [2.45, 2.75) is 231 Å². The number of carboxylic acid groups (broad SMARTS) is 1. The molecule has 0 aliphatic heterocycles. The third-order valence-corrected chi connectivity index (χ3v) is 16.2. The molecule has 2 rings (SSSR count). The van der Waals surface area contributed by atoms with Crippen molar-refractivity contribution in [1.29, 1.82) is 0 Å². The molecule has 0 aromatic heterocycles. The van der Waals surface area contributed by atoms with E-state index in [2.05, 4.69) is 53.2 Å². The first-order valence-corrected chi connectivity index (χ1v) is 34.1. The van der Waals surface area contributed by atoms with Gasteiger partial charge in [-0.3, -0.25) is 47.9 Å². The van der Waals surface area contributed by atoms with E-state index in [9.17, 15) is 57.8 Å². The van der Waals surface area contributed by atoms with E-state index < -0.39 is 131 Å². The van der Waals surface area contributed by atoms with Gasteiger partial charge in [-0.15, -0.1) is 0 Å². The number of hydrogen-bond acceptors (Lipinski definition) is 16.